The van der Waals surface area contributed by atoms with Gasteiger partial charge in [0.05, 0.1) is 6.04 Å². The van der Waals surface area contributed by atoms with Crippen LogP contribution in [0.5, 0.6) is 0 Å². The second kappa shape index (κ2) is 3.15. The number of nitrogens with one attached hydrogen (secondary N) is 1. The lowest BCUT2D eigenvalue weighted by atomic mass is 9.92. The van der Waals surface area contributed by atoms with Gasteiger partial charge >= 0.3 is 0 Å². The molecule has 1 N–H and O–H groups in total. The maximum atomic E-state index is 11.3. The Morgan fingerprint density at radius 1 is 1.80 bits per heavy atom. The van der Waals surface area contributed by atoms with E-state index in [9.17, 15) is 4.79 Å². The standard InChI is InChI=1S/C8H15NO/c1-3-6(2)8(10)7-4-5-9-7/h6-7,9H,3-5H2,1-2H3/t6?,7-/m0/s1. The normalized spacial score (nSPS) is 27.2. The minimum atomic E-state index is 0.190. The van der Waals surface area contributed by atoms with Crippen LogP contribution in [0.25, 0.3) is 0 Å². The molecule has 0 saturated carbocycles. The molecule has 1 fully saturated rings. The van der Waals surface area contributed by atoms with E-state index in [1.165, 1.54) is 0 Å². The van der Waals surface area contributed by atoms with Crippen molar-refractivity contribution in [1.82, 2.24) is 5.32 Å². The minimum absolute atomic E-state index is 0.190. The van der Waals surface area contributed by atoms with Gasteiger partial charge in [0.1, 0.15) is 0 Å². The average Bonchev–Trinajstić information content (AvgIpc) is 1.82. The fraction of sp³-hybridized carbons (Fsp3) is 0.875. The molecule has 1 aliphatic heterocycles. The first-order valence-electron chi connectivity index (χ1n) is 4.02. The molecule has 58 valence electrons. The van der Waals surface area contributed by atoms with Gasteiger partial charge in [0.25, 0.3) is 0 Å². The SMILES string of the molecule is CCC(C)C(=O)[C@@H]1CCN1. The molecule has 10 heavy (non-hydrogen) atoms. The van der Waals surface area contributed by atoms with Gasteiger partial charge < -0.3 is 5.32 Å². The molecule has 0 aromatic heterocycles. The van der Waals surface area contributed by atoms with Crippen LogP contribution in [0.4, 0.5) is 0 Å². The summed E-state index contributed by atoms with van der Waals surface area (Å²) in [4.78, 5) is 11.3. The molecule has 1 saturated heterocycles. The summed E-state index contributed by atoms with van der Waals surface area (Å²) in [6.45, 7) is 5.08. The van der Waals surface area contributed by atoms with Crippen LogP contribution in [-0.4, -0.2) is 18.4 Å². The second-order valence-corrected chi connectivity index (χ2v) is 3.01. The van der Waals surface area contributed by atoms with Crippen LogP contribution in [0.2, 0.25) is 0 Å². The van der Waals surface area contributed by atoms with E-state index in [4.69, 9.17) is 0 Å². The molecule has 0 aromatic rings. The molecule has 2 heteroatoms. The molecule has 0 amide bonds. The van der Waals surface area contributed by atoms with Gasteiger partial charge in [-0.25, -0.2) is 0 Å². The van der Waals surface area contributed by atoms with Crippen molar-refractivity contribution in [2.75, 3.05) is 6.54 Å². The predicted molar refractivity (Wildman–Crippen MR) is 40.9 cm³/mol. The van der Waals surface area contributed by atoms with Crippen LogP contribution in [-0.2, 0) is 4.79 Å². The zero-order valence-corrected chi connectivity index (χ0v) is 6.68. The van der Waals surface area contributed by atoms with Gasteiger partial charge in [0, 0.05) is 5.92 Å². The highest BCUT2D eigenvalue weighted by Gasteiger charge is 2.26. The molecule has 0 radical (unpaired) electrons. The largest absolute Gasteiger partial charge is 0.307 e. The van der Waals surface area contributed by atoms with Crippen LogP contribution in [0.15, 0.2) is 0 Å². The van der Waals surface area contributed by atoms with Gasteiger partial charge in [0.15, 0.2) is 5.78 Å². The van der Waals surface area contributed by atoms with Crippen molar-refractivity contribution >= 4 is 5.78 Å². The van der Waals surface area contributed by atoms with Crippen LogP contribution in [0.3, 0.4) is 0 Å². The fourth-order valence-corrected chi connectivity index (χ4v) is 1.08. The smallest absolute Gasteiger partial charge is 0.152 e. The van der Waals surface area contributed by atoms with Crippen LogP contribution in [0, 0.1) is 5.92 Å². The summed E-state index contributed by atoms with van der Waals surface area (Å²) in [5, 5.41) is 3.11. The van der Waals surface area contributed by atoms with Crippen molar-refractivity contribution in [3.8, 4) is 0 Å². The number of Topliss-reactive ketones (excluding diaryl/α,β-unsaturated/α-hetero) is 1. The molecule has 0 aromatic carbocycles. The summed E-state index contributed by atoms with van der Waals surface area (Å²) in [7, 11) is 0. The van der Waals surface area contributed by atoms with Crippen molar-refractivity contribution in [3.05, 3.63) is 0 Å². The van der Waals surface area contributed by atoms with Crippen molar-refractivity contribution in [1.29, 1.82) is 0 Å². The summed E-state index contributed by atoms with van der Waals surface area (Å²) < 4.78 is 0. The van der Waals surface area contributed by atoms with Crippen LogP contribution < -0.4 is 5.32 Å². The summed E-state index contributed by atoms with van der Waals surface area (Å²) in [5.41, 5.74) is 0. The Balaban J connectivity index is 2.32. The number of carbonyl (C=O) groups excluding carboxylic acids is 1. The molecule has 1 rings (SSSR count). The molecule has 0 spiro atoms. The van der Waals surface area contributed by atoms with Gasteiger partial charge in [-0.1, -0.05) is 13.8 Å². The first kappa shape index (κ1) is 7.73. The summed E-state index contributed by atoms with van der Waals surface area (Å²) in [6, 6.07) is 0.190. The number of rotatable bonds is 3. The first-order chi connectivity index (χ1) is 4.75. The number of carbonyl (C=O) groups is 1. The minimum Gasteiger partial charge on any atom is -0.307 e. The Morgan fingerprint density at radius 3 is 2.70 bits per heavy atom. The topological polar surface area (TPSA) is 29.1 Å². The quantitative estimate of drug-likeness (QED) is 0.634. The van der Waals surface area contributed by atoms with E-state index in [2.05, 4.69) is 12.2 Å². The molecule has 2 atom stereocenters. The Morgan fingerprint density at radius 2 is 2.40 bits per heavy atom. The molecular formula is C8H15NO. The third-order valence-electron chi connectivity index (χ3n) is 2.27. The maximum Gasteiger partial charge on any atom is 0.152 e. The third kappa shape index (κ3) is 1.37. The summed E-state index contributed by atoms with van der Waals surface area (Å²) >= 11 is 0. The molecule has 0 aliphatic carbocycles. The highest BCUT2D eigenvalue weighted by molar-refractivity contribution is 5.86. The highest BCUT2D eigenvalue weighted by Crippen LogP contribution is 2.11. The molecule has 0 bridgehead atoms. The lowest BCUT2D eigenvalue weighted by Gasteiger charge is -2.28. The summed E-state index contributed by atoms with van der Waals surface area (Å²) in [6.07, 6.45) is 2.01. The van der Waals surface area contributed by atoms with Gasteiger partial charge in [-0.15, -0.1) is 0 Å². The van der Waals surface area contributed by atoms with Gasteiger partial charge in [0.2, 0.25) is 0 Å². The number of ketones is 1. The Labute approximate surface area is 62.0 Å². The van der Waals surface area contributed by atoms with Crippen molar-refractivity contribution < 1.29 is 4.79 Å². The van der Waals surface area contributed by atoms with Gasteiger partial charge in [-0.3, -0.25) is 4.79 Å². The van der Waals surface area contributed by atoms with Gasteiger partial charge in [-0.2, -0.15) is 0 Å². The monoisotopic (exact) mass is 141 g/mol. The molecule has 1 unspecified atom stereocenters. The number of hydrogen-bond acceptors (Lipinski definition) is 2. The van der Waals surface area contributed by atoms with E-state index < -0.39 is 0 Å². The van der Waals surface area contributed by atoms with E-state index in [0.717, 1.165) is 19.4 Å². The Kier molecular flexibility index (Phi) is 2.44. The zero-order chi connectivity index (χ0) is 7.56. The summed E-state index contributed by atoms with van der Waals surface area (Å²) in [5.74, 6) is 0.645. The Bertz CT molecular complexity index is 122. The molecule has 2 nitrogen and oxygen atoms in total. The highest BCUT2D eigenvalue weighted by atomic mass is 16.1. The lowest BCUT2D eigenvalue weighted by Crippen LogP contribution is -2.50. The fourth-order valence-electron chi connectivity index (χ4n) is 1.08. The lowest BCUT2D eigenvalue weighted by molar-refractivity contribution is -0.126. The molecule has 1 heterocycles. The van der Waals surface area contributed by atoms with E-state index in [0.29, 0.717) is 5.78 Å². The predicted octanol–water partition coefficient (Wildman–Crippen LogP) is 0.964. The zero-order valence-electron chi connectivity index (χ0n) is 6.68. The Hall–Kier alpha value is -0.370. The third-order valence-corrected chi connectivity index (χ3v) is 2.27. The van der Waals surface area contributed by atoms with E-state index >= 15 is 0 Å². The van der Waals surface area contributed by atoms with Gasteiger partial charge in [-0.05, 0) is 19.4 Å². The molecular weight excluding hydrogens is 126 g/mol. The first-order valence-corrected chi connectivity index (χ1v) is 4.02. The number of hydrogen-bond donors (Lipinski definition) is 1. The van der Waals surface area contributed by atoms with E-state index in [1.807, 2.05) is 6.92 Å². The average molecular weight is 141 g/mol. The van der Waals surface area contributed by atoms with Crippen molar-refractivity contribution in [2.45, 2.75) is 32.7 Å². The van der Waals surface area contributed by atoms with Crippen LogP contribution >= 0.6 is 0 Å². The van der Waals surface area contributed by atoms with E-state index in [-0.39, 0.29) is 12.0 Å². The van der Waals surface area contributed by atoms with E-state index in [1.54, 1.807) is 0 Å². The molecule has 1 aliphatic rings. The van der Waals surface area contributed by atoms with Crippen molar-refractivity contribution in [3.63, 3.8) is 0 Å². The van der Waals surface area contributed by atoms with Crippen LogP contribution in [0.1, 0.15) is 26.7 Å². The maximum absolute atomic E-state index is 11.3. The second-order valence-electron chi connectivity index (χ2n) is 3.01. The van der Waals surface area contributed by atoms with Crippen molar-refractivity contribution in [2.24, 2.45) is 5.92 Å².